The number of hydrogen-bond acceptors (Lipinski definition) is 4. The second-order valence-corrected chi connectivity index (χ2v) is 7.59. The lowest BCUT2D eigenvalue weighted by atomic mass is 10.0. The van der Waals surface area contributed by atoms with Gasteiger partial charge >= 0.3 is 0 Å². The Kier molecular flexibility index (Phi) is 5.81. The van der Waals surface area contributed by atoms with E-state index in [0.717, 1.165) is 42.9 Å². The molecule has 1 N–H and O–H groups in total. The van der Waals surface area contributed by atoms with Crippen molar-refractivity contribution in [2.24, 2.45) is 0 Å². The summed E-state index contributed by atoms with van der Waals surface area (Å²) in [5.41, 5.74) is 2.32. The fraction of sp³-hybridized carbons (Fsp3) is 0.435. The van der Waals surface area contributed by atoms with Crippen LogP contribution in [-0.4, -0.2) is 37.1 Å². The van der Waals surface area contributed by atoms with Crippen molar-refractivity contribution in [2.45, 2.75) is 38.3 Å². The Balaban J connectivity index is 1.41. The number of ether oxygens (including phenoxy) is 2. The lowest BCUT2D eigenvalue weighted by Crippen LogP contribution is -2.38. The van der Waals surface area contributed by atoms with Gasteiger partial charge in [0, 0.05) is 12.5 Å². The van der Waals surface area contributed by atoms with Crippen molar-refractivity contribution >= 4 is 5.91 Å². The Bertz CT molecular complexity index is 809. The van der Waals surface area contributed by atoms with E-state index in [9.17, 15) is 4.79 Å². The molecule has 1 saturated heterocycles. The van der Waals surface area contributed by atoms with Gasteiger partial charge in [-0.1, -0.05) is 36.4 Å². The maximum Gasteiger partial charge on any atom is 0.234 e. The summed E-state index contributed by atoms with van der Waals surface area (Å²) in [6.45, 7) is 4.76. The molecule has 0 bridgehead atoms. The molecule has 2 aromatic carbocycles. The zero-order valence-electron chi connectivity index (χ0n) is 16.4. The van der Waals surface area contributed by atoms with Gasteiger partial charge in [-0.2, -0.15) is 0 Å². The van der Waals surface area contributed by atoms with E-state index in [4.69, 9.17) is 9.47 Å². The molecule has 5 nitrogen and oxygen atoms in total. The molecule has 148 valence electrons. The smallest absolute Gasteiger partial charge is 0.234 e. The monoisotopic (exact) mass is 380 g/mol. The minimum atomic E-state index is 0.00722. The molecular weight excluding hydrogens is 352 g/mol. The number of nitrogens with zero attached hydrogens (tertiary/aromatic N) is 1. The van der Waals surface area contributed by atoms with Crippen LogP contribution in [-0.2, 0) is 4.79 Å². The SMILES string of the molecule is C[C@@H](NC(=O)CN1CCC[C@@H]1c1ccc2c(c1)OCCCO2)c1ccccc1. The standard InChI is InChI=1S/C23H28N2O3/c1-17(18-7-3-2-4-8-18)24-23(26)16-25-12-5-9-20(25)19-10-11-21-22(15-19)28-14-6-13-27-21/h2-4,7-8,10-11,15,17,20H,5-6,9,12-14,16H2,1H3,(H,24,26)/t17-,20-/m1/s1. The first-order valence-corrected chi connectivity index (χ1v) is 10.2. The van der Waals surface area contributed by atoms with Gasteiger partial charge in [0.2, 0.25) is 5.91 Å². The molecule has 1 amide bonds. The second kappa shape index (κ2) is 8.65. The van der Waals surface area contributed by atoms with E-state index in [2.05, 4.69) is 22.3 Å². The Hall–Kier alpha value is -2.53. The molecule has 2 aliphatic rings. The fourth-order valence-electron chi connectivity index (χ4n) is 4.08. The van der Waals surface area contributed by atoms with Gasteiger partial charge in [-0.05, 0) is 49.6 Å². The normalized spacial score (nSPS) is 20.4. The average molecular weight is 380 g/mol. The van der Waals surface area contributed by atoms with Gasteiger partial charge in [0.25, 0.3) is 0 Å². The summed E-state index contributed by atoms with van der Waals surface area (Å²) in [6.07, 6.45) is 3.06. The van der Waals surface area contributed by atoms with Crippen molar-refractivity contribution in [1.29, 1.82) is 0 Å². The van der Waals surface area contributed by atoms with Crippen molar-refractivity contribution < 1.29 is 14.3 Å². The van der Waals surface area contributed by atoms with Gasteiger partial charge in [0.1, 0.15) is 0 Å². The highest BCUT2D eigenvalue weighted by molar-refractivity contribution is 5.78. The predicted octanol–water partition coefficient (Wildman–Crippen LogP) is 3.86. The Labute approximate surface area is 166 Å². The molecule has 2 aromatic rings. The number of likely N-dealkylation sites (tertiary alicyclic amines) is 1. The van der Waals surface area contributed by atoms with Crippen molar-refractivity contribution in [3.05, 3.63) is 59.7 Å². The van der Waals surface area contributed by atoms with E-state index >= 15 is 0 Å². The van der Waals surface area contributed by atoms with Gasteiger partial charge in [-0.3, -0.25) is 9.69 Å². The van der Waals surface area contributed by atoms with Gasteiger partial charge in [0.15, 0.2) is 11.5 Å². The number of rotatable bonds is 5. The van der Waals surface area contributed by atoms with Crippen LogP contribution in [0.4, 0.5) is 0 Å². The van der Waals surface area contributed by atoms with Crippen LogP contribution in [0, 0.1) is 0 Å². The zero-order valence-corrected chi connectivity index (χ0v) is 16.4. The van der Waals surface area contributed by atoms with Crippen LogP contribution < -0.4 is 14.8 Å². The third-order valence-electron chi connectivity index (χ3n) is 5.54. The van der Waals surface area contributed by atoms with E-state index in [0.29, 0.717) is 19.8 Å². The van der Waals surface area contributed by atoms with E-state index in [1.165, 1.54) is 5.56 Å². The molecule has 0 aliphatic carbocycles. The van der Waals surface area contributed by atoms with Crippen LogP contribution in [0.3, 0.4) is 0 Å². The van der Waals surface area contributed by atoms with E-state index in [-0.39, 0.29) is 18.0 Å². The van der Waals surface area contributed by atoms with Crippen LogP contribution in [0.25, 0.3) is 0 Å². The Morgan fingerprint density at radius 1 is 1.11 bits per heavy atom. The highest BCUT2D eigenvalue weighted by Crippen LogP contribution is 2.37. The first-order chi connectivity index (χ1) is 13.7. The molecule has 0 saturated carbocycles. The largest absolute Gasteiger partial charge is 0.490 e. The predicted molar refractivity (Wildman–Crippen MR) is 109 cm³/mol. The van der Waals surface area contributed by atoms with Crippen LogP contribution in [0.1, 0.15) is 49.4 Å². The number of carbonyl (C=O) groups excluding carboxylic acids is 1. The summed E-state index contributed by atoms with van der Waals surface area (Å²) in [5, 5.41) is 3.13. The van der Waals surface area contributed by atoms with Crippen molar-refractivity contribution in [3.8, 4) is 11.5 Å². The van der Waals surface area contributed by atoms with Crippen LogP contribution in [0.5, 0.6) is 11.5 Å². The molecule has 28 heavy (non-hydrogen) atoms. The summed E-state index contributed by atoms with van der Waals surface area (Å²) in [6, 6.07) is 16.5. The fourth-order valence-corrected chi connectivity index (χ4v) is 4.08. The molecule has 2 heterocycles. The first-order valence-electron chi connectivity index (χ1n) is 10.2. The maximum atomic E-state index is 12.6. The molecule has 2 atom stereocenters. The van der Waals surface area contributed by atoms with E-state index in [1.54, 1.807) is 0 Å². The average Bonchev–Trinajstić information content (AvgIpc) is 3.03. The van der Waals surface area contributed by atoms with Crippen molar-refractivity contribution in [3.63, 3.8) is 0 Å². The Morgan fingerprint density at radius 2 is 1.89 bits per heavy atom. The molecule has 2 aliphatic heterocycles. The van der Waals surface area contributed by atoms with Crippen LogP contribution in [0.2, 0.25) is 0 Å². The highest BCUT2D eigenvalue weighted by Gasteiger charge is 2.29. The number of amides is 1. The number of benzene rings is 2. The van der Waals surface area contributed by atoms with Gasteiger partial charge in [-0.15, -0.1) is 0 Å². The summed E-state index contributed by atoms with van der Waals surface area (Å²) < 4.78 is 11.6. The topological polar surface area (TPSA) is 50.8 Å². The molecule has 0 unspecified atom stereocenters. The molecule has 0 aromatic heterocycles. The summed E-state index contributed by atoms with van der Waals surface area (Å²) >= 11 is 0. The number of hydrogen-bond donors (Lipinski definition) is 1. The third kappa shape index (κ3) is 4.30. The van der Waals surface area contributed by atoms with Crippen molar-refractivity contribution in [2.75, 3.05) is 26.3 Å². The van der Waals surface area contributed by atoms with Gasteiger partial charge in [-0.25, -0.2) is 0 Å². The lowest BCUT2D eigenvalue weighted by Gasteiger charge is -2.25. The second-order valence-electron chi connectivity index (χ2n) is 7.59. The lowest BCUT2D eigenvalue weighted by molar-refractivity contribution is -0.123. The molecule has 0 spiro atoms. The summed E-state index contributed by atoms with van der Waals surface area (Å²) in [5.74, 6) is 1.71. The molecule has 5 heteroatoms. The Morgan fingerprint density at radius 3 is 2.71 bits per heavy atom. The highest BCUT2D eigenvalue weighted by atomic mass is 16.5. The molecular formula is C23H28N2O3. The van der Waals surface area contributed by atoms with Crippen molar-refractivity contribution in [1.82, 2.24) is 10.2 Å². The van der Waals surface area contributed by atoms with Gasteiger partial charge in [0.05, 0.1) is 25.8 Å². The molecule has 4 rings (SSSR count). The summed E-state index contributed by atoms with van der Waals surface area (Å²) in [4.78, 5) is 14.9. The zero-order chi connectivity index (χ0) is 19.3. The third-order valence-corrected chi connectivity index (χ3v) is 5.54. The quantitative estimate of drug-likeness (QED) is 0.856. The first kappa shape index (κ1) is 18.8. The molecule has 1 fully saturated rings. The summed E-state index contributed by atoms with van der Waals surface area (Å²) in [7, 11) is 0. The van der Waals surface area contributed by atoms with Crippen LogP contribution >= 0.6 is 0 Å². The van der Waals surface area contributed by atoms with E-state index < -0.39 is 0 Å². The number of nitrogens with one attached hydrogen (secondary N) is 1. The minimum absolute atomic E-state index is 0.00722. The van der Waals surface area contributed by atoms with Gasteiger partial charge < -0.3 is 14.8 Å². The number of fused-ring (bicyclic) bond motifs is 1. The van der Waals surface area contributed by atoms with Crippen LogP contribution in [0.15, 0.2) is 48.5 Å². The van der Waals surface area contributed by atoms with E-state index in [1.807, 2.05) is 43.3 Å². The minimum Gasteiger partial charge on any atom is -0.490 e. The number of carbonyl (C=O) groups is 1. The maximum absolute atomic E-state index is 12.6. The molecule has 0 radical (unpaired) electrons.